The Morgan fingerprint density at radius 1 is 1.30 bits per heavy atom. The maximum Gasteiger partial charge on any atom is 0.233 e. The third kappa shape index (κ3) is 4.23. The third-order valence-electron chi connectivity index (χ3n) is 5.28. The van der Waals surface area contributed by atoms with Crippen LogP contribution >= 0.6 is 11.6 Å². The Labute approximate surface area is 178 Å². The van der Waals surface area contributed by atoms with Crippen molar-refractivity contribution in [1.29, 1.82) is 0 Å². The summed E-state index contributed by atoms with van der Waals surface area (Å²) in [5.74, 6) is -0.0449. The summed E-state index contributed by atoms with van der Waals surface area (Å²) in [6.45, 7) is 3.93. The fraction of sp³-hybridized carbons (Fsp3) is 0.273. The van der Waals surface area contributed by atoms with E-state index >= 15 is 0 Å². The van der Waals surface area contributed by atoms with Crippen molar-refractivity contribution in [1.82, 2.24) is 9.97 Å². The molecule has 1 aliphatic rings. The van der Waals surface area contributed by atoms with Crippen LogP contribution in [0.3, 0.4) is 0 Å². The number of aliphatic hydroxyl groups is 2. The molecule has 1 radical (unpaired) electrons. The van der Waals surface area contributed by atoms with E-state index in [0.717, 1.165) is 0 Å². The second-order valence-electron chi connectivity index (χ2n) is 7.46. The van der Waals surface area contributed by atoms with Gasteiger partial charge in [-0.15, -0.1) is 0 Å². The fourth-order valence-electron chi connectivity index (χ4n) is 3.64. The molecule has 0 aliphatic heterocycles. The molecule has 0 saturated heterocycles. The summed E-state index contributed by atoms with van der Waals surface area (Å²) in [6, 6.07) is 8.30. The molecule has 1 aromatic carbocycles. The number of ketones is 1. The van der Waals surface area contributed by atoms with Crippen LogP contribution < -0.4 is 5.32 Å². The number of nitrogens with zero attached hydrogens (tertiary/aromatic N) is 2. The highest BCUT2D eigenvalue weighted by atomic mass is 35.5. The molecule has 8 heteroatoms. The molecular weight excluding hydrogens is 406 g/mol. The van der Waals surface area contributed by atoms with Gasteiger partial charge in [-0.3, -0.25) is 4.79 Å². The molecule has 2 aromatic heterocycles. The van der Waals surface area contributed by atoms with Crippen LogP contribution in [0.2, 0.25) is 5.02 Å². The first kappa shape index (κ1) is 20.5. The first-order chi connectivity index (χ1) is 14.4. The maximum absolute atomic E-state index is 13.0. The molecule has 3 N–H and O–H groups in total. The summed E-state index contributed by atoms with van der Waals surface area (Å²) in [6.07, 6.45) is 3.86. The minimum atomic E-state index is -0.979. The number of furan rings is 1. The Balaban J connectivity index is 1.54. The van der Waals surface area contributed by atoms with Gasteiger partial charge >= 0.3 is 0 Å². The second kappa shape index (κ2) is 8.55. The molecule has 2 heterocycles. The van der Waals surface area contributed by atoms with E-state index in [-0.39, 0.29) is 23.3 Å². The van der Waals surface area contributed by atoms with Gasteiger partial charge in [-0.25, -0.2) is 9.97 Å². The van der Waals surface area contributed by atoms with Gasteiger partial charge < -0.3 is 19.9 Å². The summed E-state index contributed by atoms with van der Waals surface area (Å²) in [7, 11) is 0. The highest BCUT2D eigenvalue weighted by Crippen LogP contribution is 2.30. The molecule has 1 fully saturated rings. The Bertz CT molecular complexity index is 1040. The molecule has 4 atom stereocenters. The summed E-state index contributed by atoms with van der Waals surface area (Å²) >= 11 is 5.99. The number of aliphatic hydroxyl groups excluding tert-OH is 2. The standard InChI is InChI=1S/C22H21ClN3O4/c1-12-5-16(8-18(12)27)26-22-17(9-24-11-25-22)21(29)19-7-14(10-30-19)20(28)13-3-2-4-15(23)6-13/h2-4,6-7,9-12,16,18,20,27-28H,1,5,8H2,(H,24,25,26)/t12-,16-,18+,20+/m1/s1. The van der Waals surface area contributed by atoms with Crippen molar-refractivity contribution in [2.24, 2.45) is 5.92 Å². The zero-order valence-electron chi connectivity index (χ0n) is 16.0. The number of aromatic nitrogens is 2. The number of carbonyl (C=O) groups is 1. The van der Waals surface area contributed by atoms with Crippen molar-refractivity contribution in [3.05, 3.63) is 83.5 Å². The number of hydrogen-bond acceptors (Lipinski definition) is 7. The summed E-state index contributed by atoms with van der Waals surface area (Å²) in [5, 5.41) is 24.2. The average molecular weight is 427 g/mol. The van der Waals surface area contributed by atoms with Crippen molar-refractivity contribution in [3.8, 4) is 0 Å². The van der Waals surface area contributed by atoms with Gasteiger partial charge in [0.25, 0.3) is 0 Å². The lowest BCUT2D eigenvalue weighted by Crippen LogP contribution is -2.20. The van der Waals surface area contributed by atoms with E-state index in [2.05, 4.69) is 22.2 Å². The summed E-state index contributed by atoms with van der Waals surface area (Å²) in [5.41, 5.74) is 1.28. The quantitative estimate of drug-likeness (QED) is 0.518. The van der Waals surface area contributed by atoms with Gasteiger partial charge in [0.1, 0.15) is 18.2 Å². The van der Waals surface area contributed by atoms with Crippen molar-refractivity contribution in [3.63, 3.8) is 0 Å². The molecule has 1 aliphatic carbocycles. The number of anilines is 1. The number of hydrogen-bond donors (Lipinski definition) is 3. The third-order valence-corrected chi connectivity index (χ3v) is 5.51. The topological polar surface area (TPSA) is 108 Å². The van der Waals surface area contributed by atoms with Crippen LogP contribution in [0, 0.1) is 12.8 Å². The molecule has 7 nitrogen and oxygen atoms in total. The van der Waals surface area contributed by atoms with Crippen LogP contribution in [-0.4, -0.2) is 38.1 Å². The lowest BCUT2D eigenvalue weighted by Gasteiger charge is -2.14. The SMILES string of the molecule is [CH2][C@@H]1C[C@@H](Nc2ncncc2C(=O)c2cc([C@@H](O)c3cccc(Cl)c3)co2)C[C@@H]1O. The molecule has 0 bridgehead atoms. The predicted octanol–water partition coefficient (Wildman–Crippen LogP) is 3.42. The smallest absolute Gasteiger partial charge is 0.233 e. The molecule has 0 amide bonds. The Hall–Kier alpha value is -2.74. The van der Waals surface area contributed by atoms with Crippen LogP contribution in [0.15, 0.2) is 53.5 Å². The van der Waals surface area contributed by atoms with E-state index in [4.69, 9.17) is 16.0 Å². The maximum atomic E-state index is 13.0. The van der Waals surface area contributed by atoms with Gasteiger partial charge in [0.05, 0.1) is 17.9 Å². The summed E-state index contributed by atoms with van der Waals surface area (Å²) in [4.78, 5) is 21.2. The second-order valence-corrected chi connectivity index (χ2v) is 7.89. The number of benzene rings is 1. The lowest BCUT2D eigenvalue weighted by atomic mass is 10.0. The molecular formula is C22H21ClN3O4. The lowest BCUT2D eigenvalue weighted by molar-refractivity contribution is 0.101. The van der Waals surface area contributed by atoms with Gasteiger partial charge in [-0.2, -0.15) is 0 Å². The van der Waals surface area contributed by atoms with Crippen LogP contribution in [-0.2, 0) is 0 Å². The minimum absolute atomic E-state index is 0.0410. The summed E-state index contributed by atoms with van der Waals surface area (Å²) < 4.78 is 5.44. The van der Waals surface area contributed by atoms with E-state index in [9.17, 15) is 15.0 Å². The van der Waals surface area contributed by atoms with Crippen LogP contribution in [0.1, 0.15) is 46.2 Å². The largest absolute Gasteiger partial charge is 0.460 e. The zero-order valence-corrected chi connectivity index (χ0v) is 16.8. The Morgan fingerprint density at radius 2 is 2.13 bits per heavy atom. The number of nitrogens with one attached hydrogen (secondary N) is 1. The Morgan fingerprint density at radius 3 is 2.87 bits per heavy atom. The highest BCUT2D eigenvalue weighted by molar-refractivity contribution is 6.30. The molecule has 3 aromatic rings. The van der Waals surface area contributed by atoms with Gasteiger partial charge in [0.15, 0.2) is 5.76 Å². The first-order valence-electron chi connectivity index (χ1n) is 9.56. The van der Waals surface area contributed by atoms with Crippen molar-refractivity contribution < 1.29 is 19.4 Å². The van der Waals surface area contributed by atoms with E-state index in [1.807, 2.05) is 0 Å². The zero-order chi connectivity index (χ0) is 21.3. The van der Waals surface area contributed by atoms with E-state index in [1.54, 1.807) is 24.3 Å². The number of halogens is 1. The fourth-order valence-corrected chi connectivity index (χ4v) is 3.84. The average Bonchev–Trinajstić information content (AvgIpc) is 3.34. The van der Waals surface area contributed by atoms with Gasteiger partial charge in [-0.05, 0) is 49.4 Å². The van der Waals surface area contributed by atoms with Gasteiger partial charge in [0.2, 0.25) is 5.78 Å². The van der Waals surface area contributed by atoms with E-state index in [1.165, 1.54) is 24.9 Å². The van der Waals surface area contributed by atoms with Crippen molar-refractivity contribution >= 4 is 23.2 Å². The van der Waals surface area contributed by atoms with Crippen molar-refractivity contribution in [2.45, 2.75) is 31.1 Å². The van der Waals surface area contributed by atoms with E-state index in [0.29, 0.717) is 34.8 Å². The normalized spacial score (nSPS) is 22.1. The Kier molecular flexibility index (Phi) is 5.85. The monoisotopic (exact) mass is 426 g/mol. The minimum Gasteiger partial charge on any atom is -0.460 e. The van der Waals surface area contributed by atoms with Crippen LogP contribution in [0.25, 0.3) is 0 Å². The first-order valence-corrected chi connectivity index (χ1v) is 9.94. The van der Waals surface area contributed by atoms with Gasteiger partial charge in [0, 0.05) is 22.8 Å². The molecule has 4 rings (SSSR count). The number of rotatable bonds is 6. The van der Waals surface area contributed by atoms with Crippen LogP contribution in [0.5, 0.6) is 0 Å². The highest BCUT2D eigenvalue weighted by Gasteiger charge is 2.31. The predicted molar refractivity (Wildman–Crippen MR) is 111 cm³/mol. The molecule has 155 valence electrons. The number of carbonyl (C=O) groups excluding carboxylic acids is 1. The molecule has 30 heavy (non-hydrogen) atoms. The van der Waals surface area contributed by atoms with E-state index < -0.39 is 18.0 Å². The molecule has 1 saturated carbocycles. The van der Waals surface area contributed by atoms with Gasteiger partial charge in [-0.1, -0.05) is 23.7 Å². The molecule has 0 unspecified atom stereocenters. The molecule has 0 spiro atoms. The van der Waals surface area contributed by atoms with Crippen molar-refractivity contribution in [2.75, 3.05) is 5.32 Å². The van der Waals surface area contributed by atoms with Crippen LogP contribution in [0.4, 0.5) is 5.82 Å².